The van der Waals surface area contributed by atoms with Gasteiger partial charge in [-0.3, -0.25) is 0 Å². The Morgan fingerprint density at radius 3 is 2.42 bits per heavy atom. The number of pyridine rings is 1. The number of aliphatic hydroxyl groups excluding tert-OH is 1. The van der Waals surface area contributed by atoms with Crippen molar-refractivity contribution in [1.29, 1.82) is 0 Å². The Bertz CT molecular complexity index is 1120. The molecule has 0 atom stereocenters. The van der Waals surface area contributed by atoms with Gasteiger partial charge in [-0.1, -0.05) is 12.1 Å². The van der Waals surface area contributed by atoms with Gasteiger partial charge >= 0.3 is 0 Å². The van der Waals surface area contributed by atoms with Crippen molar-refractivity contribution in [3.8, 4) is 22.4 Å². The molecule has 2 heterocycles. The predicted octanol–water partition coefficient (Wildman–Crippen LogP) is 4.58. The smallest absolute Gasteiger partial charge is 0.139 e. The van der Waals surface area contributed by atoms with Gasteiger partial charge in [0.05, 0.1) is 12.3 Å². The third kappa shape index (κ3) is 2.64. The minimum absolute atomic E-state index is 0.165. The maximum Gasteiger partial charge on any atom is 0.139 e. The van der Waals surface area contributed by atoms with E-state index in [2.05, 4.69) is 4.98 Å². The summed E-state index contributed by atoms with van der Waals surface area (Å²) >= 11 is 0. The lowest BCUT2D eigenvalue weighted by atomic mass is 10.0. The van der Waals surface area contributed by atoms with Crippen molar-refractivity contribution in [3.63, 3.8) is 0 Å². The van der Waals surface area contributed by atoms with Gasteiger partial charge in [0, 0.05) is 34.6 Å². The number of imidazole rings is 1. The molecule has 0 saturated heterocycles. The van der Waals surface area contributed by atoms with Crippen LogP contribution < -0.4 is 0 Å². The summed E-state index contributed by atoms with van der Waals surface area (Å²) in [5.41, 5.74) is 1.67. The van der Waals surface area contributed by atoms with E-state index in [4.69, 9.17) is 5.11 Å². The number of rotatable bonds is 3. The number of benzene rings is 2. The molecule has 0 fully saturated rings. The second kappa shape index (κ2) is 6.31. The Balaban J connectivity index is 1.84. The van der Waals surface area contributed by atoms with Crippen molar-refractivity contribution < 1.29 is 18.3 Å². The van der Waals surface area contributed by atoms with E-state index in [9.17, 15) is 13.2 Å². The number of aromatic nitrogens is 2. The Morgan fingerprint density at radius 1 is 0.846 bits per heavy atom. The van der Waals surface area contributed by atoms with Crippen LogP contribution in [0.1, 0.15) is 5.56 Å². The summed E-state index contributed by atoms with van der Waals surface area (Å²) in [6.45, 7) is -0.726. The minimum atomic E-state index is -0.804. The van der Waals surface area contributed by atoms with E-state index in [1.807, 2.05) is 0 Å². The maximum absolute atomic E-state index is 14.5. The van der Waals surface area contributed by atoms with Gasteiger partial charge in [-0.05, 0) is 36.4 Å². The zero-order valence-corrected chi connectivity index (χ0v) is 13.5. The second-order valence-electron chi connectivity index (χ2n) is 5.83. The molecular weight excluding hydrogens is 341 g/mol. The summed E-state index contributed by atoms with van der Waals surface area (Å²) in [5.74, 6) is -1.98. The largest absolute Gasteiger partial charge is 0.391 e. The van der Waals surface area contributed by atoms with Gasteiger partial charge in [0.1, 0.15) is 23.1 Å². The molecule has 2 aromatic carbocycles. The highest BCUT2D eigenvalue weighted by atomic mass is 19.1. The van der Waals surface area contributed by atoms with E-state index in [-0.39, 0.29) is 16.9 Å². The van der Waals surface area contributed by atoms with Crippen LogP contribution in [0.2, 0.25) is 0 Å². The first-order chi connectivity index (χ1) is 12.6. The molecule has 1 N–H and O–H groups in total. The van der Waals surface area contributed by atoms with Crippen molar-refractivity contribution in [2.75, 3.05) is 0 Å². The van der Waals surface area contributed by atoms with Crippen LogP contribution in [-0.4, -0.2) is 14.5 Å². The topological polar surface area (TPSA) is 37.5 Å². The monoisotopic (exact) mass is 354 g/mol. The highest BCUT2D eigenvalue weighted by molar-refractivity contribution is 5.69. The summed E-state index contributed by atoms with van der Waals surface area (Å²) in [5, 5.41) is 9.17. The van der Waals surface area contributed by atoms with E-state index < -0.39 is 18.2 Å². The Hall–Kier alpha value is -3.12. The predicted molar refractivity (Wildman–Crippen MR) is 91.9 cm³/mol. The summed E-state index contributed by atoms with van der Waals surface area (Å²) in [4.78, 5) is 4.38. The molecule has 26 heavy (non-hydrogen) atoms. The SMILES string of the molecule is OCc1c(F)ccc(-c2ccc3nc(-c4ccccc4F)cn3c2)c1F. The van der Waals surface area contributed by atoms with Gasteiger partial charge in [0.2, 0.25) is 0 Å². The first-order valence-corrected chi connectivity index (χ1v) is 7.90. The average Bonchev–Trinajstić information content (AvgIpc) is 3.05. The van der Waals surface area contributed by atoms with E-state index in [0.29, 0.717) is 22.5 Å². The van der Waals surface area contributed by atoms with Crippen molar-refractivity contribution in [3.05, 3.63) is 83.9 Å². The normalized spacial score (nSPS) is 11.2. The van der Waals surface area contributed by atoms with Gasteiger partial charge in [0.15, 0.2) is 0 Å². The van der Waals surface area contributed by atoms with E-state index in [1.54, 1.807) is 47.1 Å². The molecule has 0 spiro atoms. The fourth-order valence-corrected chi connectivity index (χ4v) is 2.92. The molecule has 4 rings (SSSR count). The average molecular weight is 354 g/mol. The van der Waals surface area contributed by atoms with Crippen LogP contribution in [0, 0.1) is 17.5 Å². The van der Waals surface area contributed by atoms with Gasteiger partial charge in [0.25, 0.3) is 0 Å². The molecule has 0 aliphatic carbocycles. The molecular formula is C20H13F3N2O. The highest BCUT2D eigenvalue weighted by Gasteiger charge is 2.15. The summed E-state index contributed by atoms with van der Waals surface area (Å²) < 4.78 is 43.7. The van der Waals surface area contributed by atoms with Gasteiger partial charge in [-0.15, -0.1) is 0 Å². The number of hydrogen-bond acceptors (Lipinski definition) is 2. The zero-order valence-electron chi connectivity index (χ0n) is 13.5. The molecule has 4 aromatic rings. The molecule has 6 heteroatoms. The minimum Gasteiger partial charge on any atom is -0.391 e. The third-order valence-electron chi connectivity index (χ3n) is 4.26. The van der Waals surface area contributed by atoms with Crippen LogP contribution in [0.25, 0.3) is 28.0 Å². The quantitative estimate of drug-likeness (QED) is 0.585. The molecule has 0 bridgehead atoms. The van der Waals surface area contributed by atoms with E-state index >= 15 is 0 Å². The number of aliphatic hydroxyl groups is 1. The van der Waals surface area contributed by atoms with E-state index in [0.717, 1.165) is 6.07 Å². The molecule has 0 unspecified atom stereocenters. The molecule has 130 valence electrons. The first kappa shape index (κ1) is 16.4. The van der Waals surface area contributed by atoms with Crippen LogP contribution in [0.3, 0.4) is 0 Å². The Kier molecular flexibility index (Phi) is 3.97. The lowest BCUT2D eigenvalue weighted by molar-refractivity contribution is 0.269. The molecule has 0 aliphatic rings. The fourth-order valence-electron chi connectivity index (χ4n) is 2.92. The number of nitrogens with zero attached hydrogens (tertiary/aromatic N) is 2. The van der Waals surface area contributed by atoms with Crippen molar-refractivity contribution in [2.24, 2.45) is 0 Å². The second-order valence-corrected chi connectivity index (χ2v) is 5.83. The van der Waals surface area contributed by atoms with Crippen LogP contribution >= 0.6 is 0 Å². The van der Waals surface area contributed by atoms with Crippen LogP contribution in [0.4, 0.5) is 13.2 Å². The van der Waals surface area contributed by atoms with Gasteiger partial charge in [-0.2, -0.15) is 0 Å². The third-order valence-corrected chi connectivity index (χ3v) is 4.26. The Morgan fingerprint density at radius 2 is 1.65 bits per heavy atom. The molecule has 0 saturated carbocycles. The molecule has 2 aromatic heterocycles. The summed E-state index contributed by atoms with van der Waals surface area (Å²) in [7, 11) is 0. The lowest BCUT2D eigenvalue weighted by Gasteiger charge is -2.08. The van der Waals surface area contributed by atoms with Crippen molar-refractivity contribution in [1.82, 2.24) is 9.38 Å². The van der Waals surface area contributed by atoms with Crippen molar-refractivity contribution in [2.45, 2.75) is 6.61 Å². The highest BCUT2D eigenvalue weighted by Crippen LogP contribution is 2.28. The van der Waals surface area contributed by atoms with Gasteiger partial charge < -0.3 is 9.51 Å². The van der Waals surface area contributed by atoms with Crippen LogP contribution in [-0.2, 0) is 6.61 Å². The molecule has 0 aliphatic heterocycles. The molecule has 0 amide bonds. The standard InChI is InChI=1S/C20H13F3N2O/c21-16-4-2-1-3-14(16)18-10-25-9-12(5-8-19(25)24-18)13-6-7-17(22)15(11-26)20(13)23/h1-10,26H,11H2. The summed E-state index contributed by atoms with van der Waals surface area (Å²) in [6.07, 6.45) is 3.27. The number of fused-ring (bicyclic) bond motifs is 1. The van der Waals surface area contributed by atoms with Crippen LogP contribution in [0.15, 0.2) is 60.9 Å². The number of halogens is 3. The summed E-state index contributed by atoms with van der Waals surface area (Å²) in [6, 6.07) is 12.1. The zero-order chi connectivity index (χ0) is 18.3. The first-order valence-electron chi connectivity index (χ1n) is 7.90. The molecule has 3 nitrogen and oxygen atoms in total. The molecule has 0 radical (unpaired) electrons. The number of hydrogen-bond donors (Lipinski definition) is 1. The van der Waals surface area contributed by atoms with E-state index in [1.165, 1.54) is 12.1 Å². The lowest BCUT2D eigenvalue weighted by Crippen LogP contribution is -1.98. The van der Waals surface area contributed by atoms with Crippen LogP contribution in [0.5, 0.6) is 0 Å². The fraction of sp³-hybridized carbons (Fsp3) is 0.0500. The Labute approximate surface area is 147 Å². The van der Waals surface area contributed by atoms with Gasteiger partial charge in [-0.25, -0.2) is 18.2 Å². The van der Waals surface area contributed by atoms with Crippen molar-refractivity contribution >= 4 is 5.65 Å². The maximum atomic E-state index is 14.5.